The molecule has 7 nitrogen and oxygen atoms in total. The second-order valence-corrected chi connectivity index (χ2v) is 8.22. The summed E-state index contributed by atoms with van der Waals surface area (Å²) in [4.78, 5) is 29.4. The van der Waals surface area contributed by atoms with Crippen molar-refractivity contribution in [2.75, 3.05) is 49.5 Å². The number of benzene rings is 1. The third-order valence-corrected chi connectivity index (χ3v) is 6.09. The molecule has 0 spiro atoms. The van der Waals surface area contributed by atoms with E-state index in [9.17, 15) is 9.59 Å². The number of nitrogens with one attached hydrogen (secondary N) is 1. The zero-order chi connectivity index (χ0) is 21.5. The predicted molar refractivity (Wildman–Crippen MR) is 118 cm³/mol. The Bertz CT molecular complexity index is 933. The zero-order valence-electron chi connectivity index (χ0n) is 17.3. The first-order valence-corrected chi connectivity index (χ1v) is 10.9. The van der Waals surface area contributed by atoms with Crippen LogP contribution in [0.3, 0.4) is 0 Å². The number of carbonyl (C=O) groups is 2. The lowest BCUT2D eigenvalue weighted by Crippen LogP contribution is -2.36. The van der Waals surface area contributed by atoms with E-state index in [1.54, 1.807) is 6.92 Å². The predicted octanol–water partition coefficient (Wildman–Crippen LogP) is 3.26. The molecule has 8 heteroatoms. The van der Waals surface area contributed by atoms with Gasteiger partial charge < -0.3 is 15.0 Å². The second kappa shape index (κ2) is 10.2. The number of nitrogens with zero attached hydrogens (tertiary/aromatic N) is 3. The smallest absolute Gasteiger partial charge is 0.348 e. The molecule has 1 aromatic heterocycles. The first kappa shape index (κ1) is 21.8. The maximum absolute atomic E-state index is 12.5. The van der Waals surface area contributed by atoms with Crippen LogP contribution in [0.1, 0.15) is 34.1 Å². The van der Waals surface area contributed by atoms with Gasteiger partial charge in [-0.15, -0.1) is 11.3 Å². The Labute approximate surface area is 180 Å². The minimum Gasteiger partial charge on any atom is -0.462 e. The van der Waals surface area contributed by atoms with Crippen LogP contribution >= 0.6 is 11.3 Å². The van der Waals surface area contributed by atoms with Gasteiger partial charge in [-0.2, -0.15) is 5.26 Å². The van der Waals surface area contributed by atoms with Crippen LogP contribution in [0.4, 0.5) is 10.7 Å². The average molecular weight is 427 g/mol. The topological polar surface area (TPSA) is 85.7 Å². The summed E-state index contributed by atoms with van der Waals surface area (Å²) >= 11 is 1.25. The highest BCUT2D eigenvalue weighted by atomic mass is 32.1. The highest BCUT2D eigenvalue weighted by Gasteiger charge is 2.19. The molecule has 1 amide bonds. The number of carbonyl (C=O) groups excluding carboxylic acids is 2. The molecular weight excluding hydrogens is 400 g/mol. The Morgan fingerprint density at radius 1 is 1.20 bits per heavy atom. The van der Waals surface area contributed by atoms with Gasteiger partial charge >= 0.3 is 5.97 Å². The SMILES string of the molecule is CCOC(=O)c1sc(NC(=O)CN2CCCN(c3ccc(C#N)cc3)CC2)cc1C. The van der Waals surface area contributed by atoms with E-state index in [1.165, 1.54) is 11.3 Å². The summed E-state index contributed by atoms with van der Waals surface area (Å²) in [7, 11) is 0. The molecule has 158 valence electrons. The van der Waals surface area contributed by atoms with Crippen LogP contribution in [0.25, 0.3) is 0 Å². The Kier molecular flexibility index (Phi) is 7.44. The zero-order valence-corrected chi connectivity index (χ0v) is 18.1. The summed E-state index contributed by atoms with van der Waals surface area (Å²) < 4.78 is 5.05. The first-order chi connectivity index (χ1) is 14.5. The molecule has 1 aliphatic rings. The minimum absolute atomic E-state index is 0.0847. The van der Waals surface area contributed by atoms with Gasteiger partial charge in [-0.05, 0) is 56.2 Å². The van der Waals surface area contributed by atoms with E-state index in [0.717, 1.165) is 43.9 Å². The van der Waals surface area contributed by atoms with Crippen molar-refractivity contribution in [3.05, 3.63) is 46.3 Å². The number of aryl methyl sites for hydroxylation is 1. The molecule has 1 aliphatic heterocycles. The van der Waals surface area contributed by atoms with Crippen molar-refractivity contribution in [3.8, 4) is 6.07 Å². The van der Waals surface area contributed by atoms with Gasteiger partial charge in [0.1, 0.15) is 4.88 Å². The van der Waals surface area contributed by atoms with Crippen molar-refractivity contribution in [3.63, 3.8) is 0 Å². The van der Waals surface area contributed by atoms with Gasteiger partial charge in [0.05, 0.1) is 29.8 Å². The van der Waals surface area contributed by atoms with E-state index in [4.69, 9.17) is 10.00 Å². The van der Waals surface area contributed by atoms with Crippen molar-refractivity contribution in [2.45, 2.75) is 20.3 Å². The van der Waals surface area contributed by atoms with E-state index in [2.05, 4.69) is 21.2 Å². The number of ether oxygens (including phenoxy) is 1. The normalized spacial score (nSPS) is 14.6. The van der Waals surface area contributed by atoms with Gasteiger partial charge in [-0.25, -0.2) is 4.79 Å². The number of rotatable bonds is 6. The summed E-state index contributed by atoms with van der Waals surface area (Å²) in [6.45, 7) is 7.61. The van der Waals surface area contributed by atoms with Gasteiger partial charge in [0.25, 0.3) is 0 Å². The van der Waals surface area contributed by atoms with Crippen molar-refractivity contribution in [1.82, 2.24) is 4.90 Å². The molecule has 1 fully saturated rings. The van der Waals surface area contributed by atoms with Crippen molar-refractivity contribution in [1.29, 1.82) is 5.26 Å². The summed E-state index contributed by atoms with van der Waals surface area (Å²) in [5.41, 5.74) is 2.56. The first-order valence-electron chi connectivity index (χ1n) is 10.0. The third-order valence-electron chi connectivity index (χ3n) is 4.96. The lowest BCUT2D eigenvalue weighted by atomic mass is 10.2. The molecule has 1 N–H and O–H groups in total. The number of anilines is 2. The summed E-state index contributed by atoms with van der Waals surface area (Å²) in [6.07, 6.45) is 0.957. The fourth-order valence-electron chi connectivity index (χ4n) is 3.46. The van der Waals surface area contributed by atoms with Crippen LogP contribution in [0.15, 0.2) is 30.3 Å². The van der Waals surface area contributed by atoms with Gasteiger partial charge in [-0.1, -0.05) is 0 Å². The number of amides is 1. The molecule has 0 atom stereocenters. The van der Waals surface area contributed by atoms with Crippen molar-refractivity contribution < 1.29 is 14.3 Å². The number of hydrogen-bond donors (Lipinski definition) is 1. The van der Waals surface area contributed by atoms with Crippen LogP contribution < -0.4 is 10.2 Å². The van der Waals surface area contributed by atoms with E-state index in [0.29, 0.717) is 28.6 Å². The Balaban J connectivity index is 1.53. The molecule has 0 unspecified atom stereocenters. The van der Waals surface area contributed by atoms with E-state index >= 15 is 0 Å². The second-order valence-electron chi connectivity index (χ2n) is 7.17. The van der Waals surface area contributed by atoms with Gasteiger partial charge in [0.2, 0.25) is 5.91 Å². The molecule has 3 rings (SSSR count). The number of esters is 1. The van der Waals surface area contributed by atoms with Crippen LogP contribution in [-0.2, 0) is 9.53 Å². The standard InChI is InChI=1S/C22H26N4O3S/c1-3-29-22(28)21-16(2)13-20(30-21)24-19(27)15-25-9-4-10-26(12-11-25)18-7-5-17(14-23)6-8-18/h5-8,13H,3-4,9-12,15H2,1-2H3,(H,24,27). The molecule has 1 saturated heterocycles. The van der Waals surface area contributed by atoms with Crippen molar-refractivity contribution in [2.24, 2.45) is 0 Å². The average Bonchev–Trinajstić information content (AvgIpc) is 2.94. The quantitative estimate of drug-likeness (QED) is 0.714. The highest BCUT2D eigenvalue weighted by Crippen LogP contribution is 2.27. The molecule has 0 aliphatic carbocycles. The largest absolute Gasteiger partial charge is 0.462 e. The molecule has 0 saturated carbocycles. The molecule has 2 heterocycles. The summed E-state index contributed by atoms with van der Waals surface area (Å²) in [5.74, 6) is -0.436. The monoisotopic (exact) mass is 426 g/mol. The Hall–Kier alpha value is -2.89. The molecule has 0 radical (unpaired) electrons. The van der Waals surface area contributed by atoms with Gasteiger partial charge in [0, 0.05) is 31.9 Å². The molecule has 0 bridgehead atoms. The lowest BCUT2D eigenvalue weighted by molar-refractivity contribution is -0.117. The fourth-order valence-corrected chi connectivity index (χ4v) is 4.44. The van der Waals surface area contributed by atoms with Gasteiger partial charge in [-0.3, -0.25) is 9.69 Å². The van der Waals surface area contributed by atoms with E-state index in [-0.39, 0.29) is 11.9 Å². The molecule has 2 aromatic rings. The Morgan fingerprint density at radius 3 is 2.67 bits per heavy atom. The van der Waals surface area contributed by atoms with Gasteiger partial charge in [0.15, 0.2) is 0 Å². The van der Waals surface area contributed by atoms with Crippen molar-refractivity contribution >= 4 is 33.9 Å². The highest BCUT2D eigenvalue weighted by molar-refractivity contribution is 7.18. The molecule has 1 aromatic carbocycles. The fraction of sp³-hybridized carbons (Fsp3) is 0.409. The molecular formula is C22H26N4O3S. The van der Waals surface area contributed by atoms with Crippen LogP contribution in [0.2, 0.25) is 0 Å². The van der Waals surface area contributed by atoms with E-state index < -0.39 is 0 Å². The number of thiophene rings is 1. The van der Waals surface area contributed by atoms with Crippen LogP contribution in [-0.4, -0.2) is 56.1 Å². The Morgan fingerprint density at radius 2 is 1.97 bits per heavy atom. The summed E-state index contributed by atoms with van der Waals surface area (Å²) in [6, 6.07) is 11.6. The summed E-state index contributed by atoms with van der Waals surface area (Å²) in [5, 5.41) is 12.5. The van der Waals surface area contributed by atoms with E-state index in [1.807, 2.05) is 37.3 Å². The maximum atomic E-state index is 12.5. The number of nitriles is 1. The van der Waals surface area contributed by atoms with Crippen LogP contribution in [0, 0.1) is 18.3 Å². The maximum Gasteiger partial charge on any atom is 0.348 e. The number of hydrogen-bond acceptors (Lipinski definition) is 7. The lowest BCUT2D eigenvalue weighted by Gasteiger charge is -2.23. The van der Waals surface area contributed by atoms with Crippen LogP contribution in [0.5, 0.6) is 0 Å². The minimum atomic E-state index is -0.351. The third kappa shape index (κ3) is 5.59. The molecule has 30 heavy (non-hydrogen) atoms.